The predicted molar refractivity (Wildman–Crippen MR) is 108 cm³/mol. The number of rotatable bonds is 9. The van der Waals surface area contributed by atoms with E-state index < -0.39 is 0 Å². The number of carbonyl (C=O) groups is 1. The highest BCUT2D eigenvalue weighted by Crippen LogP contribution is 2.29. The summed E-state index contributed by atoms with van der Waals surface area (Å²) in [6.45, 7) is 6.95. The van der Waals surface area contributed by atoms with Gasteiger partial charge in [-0.1, -0.05) is 19.9 Å². The second-order valence-electron chi connectivity index (χ2n) is 6.74. The normalized spacial score (nSPS) is 10.6. The summed E-state index contributed by atoms with van der Waals surface area (Å²) in [7, 11) is 3.15. The van der Waals surface area contributed by atoms with Crippen molar-refractivity contribution < 1.29 is 19.0 Å². The largest absolute Gasteiger partial charge is 0.497 e. The van der Waals surface area contributed by atoms with Crippen molar-refractivity contribution in [1.29, 1.82) is 0 Å². The van der Waals surface area contributed by atoms with E-state index in [0.717, 1.165) is 5.75 Å². The Labute approximate surface area is 161 Å². The number of carbonyl (C=O) groups excluding carboxylic acids is 1. The summed E-state index contributed by atoms with van der Waals surface area (Å²) < 4.78 is 16.2. The van der Waals surface area contributed by atoms with Crippen molar-refractivity contribution in [2.24, 2.45) is 0 Å². The highest BCUT2D eigenvalue weighted by Gasteiger charge is 2.09. The fraction of sp³-hybridized carbons (Fsp3) is 0.409. The average Bonchev–Trinajstić information content (AvgIpc) is 2.65. The van der Waals surface area contributed by atoms with Crippen molar-refractivity contribution in [1.82, 2.24) is 0 Å². The van der Waals surface area contributed by atoms with E-state index in [9.17, 15) is 4.79 Å². The fourth-order valence-corrected chi connectivity index (χ4v) is 2.92. The van der Waals surface area contributed by atoms with Crippen molar-refractivity contribution in [3.05, 3.63) is 47.5 Å². The van der Waals surface area contributed by atoms with Crippen LogP contribution in [-0.4, -0.2) is 26.7 Å². The number of hydrogen-bond acceptors (Lipinski definition) is 4. The van der Waals surface area contributed by atoms with Gasteiger partial charge in [0.25, 0.3) is 0 Å². The minimum Gasteiger partial charge on any atom is -0.497 e. The number of aryl methyl sites for hydroxylation is 1. The van der Waals surface area contributed by atoms with Gasteiger partial charge in [0.2, 0.25) is 5.91 Å². The summed E-state index contributed by atoms with van der Waals surface area (Å²) in [5.41, 5.74) is 3.19. The van der Waals surface area contributed by atoms with Crippen LogP contribution >= 0.6 is 0 Å². The van der Waals surface area contributed by atoms with Gasteiger partial charge in [-0.15, -0.1) is 0 Å². The van der Waals surface area contributed by atoms with Gasteiger partial charge >= 0.3 is 0 Å². The van der Waals surface area contributed by atoms with Gasteiger partial charge in [0, 0.05) is 12.5 Å². The summed E-state index contributed by atoms with van der Waals surface area (Å²) in [5.74, 6) is 2.51. The first-order valence-corrected chi connectivity index (χ1v) is 9.19. The maximum absolute atomic E-state index is 12.2. The van der Waals surface area contributed by atoms with Gasteiger partial charge in [-0.2, -0.15) is 0 Å². The molecule has 0 saturated heterocycles. The lowest BCUT2D eigenvalue weighted by Gasteiger charge is -2.13. The molecule has 5 heteroatoms. The van der Waals surface area contributed by atoms with E-state index in [4.69, 9.17) is 14.2 Å². The molecule has 2 aromatic rings. The minimum atomic E-state index is -0.0756. The molecule has 0 unspecified atom stereocenters. The molecule has 1 amide bonds. The molecule has 27 heavy (non-hydrogen) atoms. The first-order chi connectivity index (χ1) is 12.9. The number of amides is 1. The van der Waals surface area contributed by atoms with Crippen LogP contribution in [0.1, 0.15) is 43.7 Å². The first kappa shape index (κ1) is 20.6. The fourth-order valence-electron chi connectivity index (χ4n) is 2.92. The Hall–Kier alpha value is -2.69. The van der Waals surface area contributed by atoms with Gasteiger partial charge in [0.1, 0.15) is 17.2 Å². The van der Waals surface area contributed by atoms with E-state index in [0.29, 0.717) is 42.6 Å². The molecular weight excluding hydrogens is 342 g/mol. The van der Waals surface area contributed by atoms with Gasteiger partial charge in [-0.25, -0.2) is 0 Å². The van der Waals surface area contributed by atoms with Crippen LogP contribution in [0.2, 0.25) is 0 Å². The predicted octanol–water partition coefficient (Wildman–Crippen LogP) is 4.93. The average molecular weight is 371 g/mol. The smallest absolute Gasteiger partial charge is 0.224 e. The monoisotopic (exact) mass is 371 g/mol. The number of methoxy groups -OCH3 is 2. The molecule has 2 aromatic carbocycles. The van der Waals surface area contributed by atoms with Crippen LogP contribution in [0.4, 0.5) is 5.69 Å². The van der Waals surface area contributed by atoms with E-state index in [2.05, 4.69) is 38.2 Å². The van der Waals surface area contributed by atoms with E-state index in [-0.39, 0.29) is 5.91 Å². The summed E-state index contributed by atoms with van der Waals surface area (Å²) in [5, 5.41) is 2.87. The molecule has 146 valence electrons. The third-order valence-corrected chi connectivity index (χ3v) is 4.36. The zero-order chi connectivity index (χ0) is 19.8. The van der Waals surface area contributed by atoms with Crippen molar-refractivity contribution in [2.75, 3.05) is 26.1 Å². The molecule has 0 fully saturated rings. The molecular formula is C22H29NO4. The van der Waals surface area contributed by atoms with E-state index in [1.165, 1.54) is 11.1 Å². The van der Waals surface area contributed by atoms with Crippen LogP contribution in [-0.2, 0) is 4.79 Å². The van der Waals surface area contributed by atoms with Crippen LogP contribution in [0.25, 0.3) is 0 Å². The van der Waals surface area contributed by atoms with Crippen molar-refractivity contribution in [3.8, 4) is 17.2 Å². The molecule has 0 heterocycles. The molecule has 2 rings (SSSR count). The van der Waals surface area contributed by atoms with Gasteiger partial charge in [0.15, 0.2) is 0 Å². The van der Waals surface area contributed by atoms with Crippen LogP contribution in [0.5, 0.6) is 17.2 Å². The number of hydrogen-bond donors (Lipinski definition) is 1. The quantitative estimate of drug-likeness (QED) is 0.635. The van der Waals surface area contributed by atoms with E-state index in [1.54, 1.807) is 32.4 Å². The van der Waals surface area contributed by atoms with Gasteiger partial charge < -0.3 is 19.5 Å². The highest BCUT2D eigenvalue weighted by atomic mass is 16.5. The molecule has 0 spiro atoms. The molecule has 0 atom stereocenters. The van der Waals surface area contributed by atoms with Crippen molar-refractivity contribution >= 4 is 11.6 Å². The lowest BCUT2D eigenvalue weighted by atomic mass is 9.98. The van der Waals surface area contributed by atoms with Gasteiger partial charge in [0.05, 0.1) is 26.5 Å². The number of ether oxygens (including phenoxy) is 3. The second-order valence-corrected chi connectivity index (χ2v) is 6.74. The Balaban J connectivity index is 1.80. The van der Waals surface area contributed by atoms with Crippen LogP contribution < -0.4 is 19.5 Å². The van der Waals surface area contributed by atoms with Crippen LogP contribution in [0.15, 0.2) is 36.4 Å². The maximum atomic E-state index is 12.2. The molecule has 0 bridgehead atoms. The molecule has 0 aromatic heterocycles. The molecule has 0 aliphatic rings. The summed E-state index contributed by atoms with van der Waals surface area (Å²) >= 11 is 0. The Morgan fingerprint density at radius 1 is 1.04 bits per heavy atom. The SMILES string of the molecule is COc1ccc(NC(=O)CCCOc2ccc(C(C)C)c(C)c2)c(OC)c1. The summed E-state index contributed by atoms with van der Waals surface area (Å²) in [6, 6.07) is 11.4. The van der Waals surface area contributed by atoms with Crippen molar-refractivity contribution in [2.45, 2.75) is 39.5 Å². The minimum absolute atomic E-state index is 0.0756. The van der Waals surface area contributed by atoms with Crippen molar-refractivity contribution in [3.63, 3.8) is 0 Å². The van der Waals surface area contributed by atoms with E-state index >= 15 is 0 Å². The molecule has 5 nitrogen and oxygen atoms in total. The van der Waals surface area contributed by atoms with Gasteiger partial charge in [-0.05, 0) is 54.7 Å². The van der Waals surface area contributed by atoms with E-state index in [1.807, 2.05) is 6.07 Å². The number of anilines is 1. The lowest BCUT2D eigenvalue weighted by Crippen LogP contribution is -2.13. The highest BCUT2D eigenvalue weighted by molar-refractivity contribution is 5.92. The zero-order valence-corrected chi connectivity index (χ0v) is 16.8. The third kappa shape index (κ3) is 5.91. The first-order valence-electron chi connectivity index (χ1n) is 9.19. The Bertz CT molecular complexity index is 771. The van der Waals surface area contributed by atoms with Crippen LogP contribution in [0, 0.1) is 6.92 Å². The van der Waals surface area contributed by atoms with Gasteiger partial charge in [-0.3, -0.25) is 4.79 Å². The topological polar surface area (TPSA) is 56.8 Å². The molecule has 1 N–H and O–H groups in total. The Morgan fingerprint density at radius 3 is 2.41 bits per heavy atom. The van der Waals surface area contributed by atoms with Crippen LogP contribution in [0.3, 0.4) is 0 Å². The zero-order valence-electron chi connectivity index (χ0n) is 16.8. The Morgan fingerprint density at radius 2 is 1.78 bits per heavy atom. The Kier molecular flexibility index (Phi) is 7.53. The lowest BCUT2D eigenvalue weighted by molar-refractivity contribution is -0.116. The molecule has 0 aliphatic heterocycles. The third-order valence-electron chi connectivity index (χ3n) is 4.36. The maximum Gasteiger partial charge on any atom is 0.224 e. The molecule has 0 radical (unpaired) electrons. The number of benzene rings is 2. The molecule has 0 saturated carbocycles. The summed E-state index contributed by atoms with van der Waals surface area (Å²) in [4.78, 5) is 12.2. The second kappa shape index (κ2) is 9.86. The summed E-state index contributed by atoms with van der Waals surface area (Å²) in [6.07, 6.45) is 1.01. The molecule has 0 aliphatic carbocycles. The standard InChI is InChI=1S/C22H29NO4/c1-15(2)19-10-8-18(13-16(19)3)27-12-6-7-22(24)23-20-11-9-17(25-4)14-21(20)26-5/h8-11,13-15H,6-7,12H2,1-5H3,(H,23,24). The number of nitrogens with one attached hydrogen (secondary N) is 1.